The minimum absolute atomic E-state index is 0.175. The number of ether oxygens (including phenoxy) is 3. The fraction of sp³-hybridized carbons (Fsp3) is 0.455. The fourth-order valence-electron chi connectivity index (χ4n) is 1.06. The second kappa shape index (κ2) is 6.79. The Bertz CT molecular complexity index is 323. The summed E-state index contributed by atoms with van der Waals surface area (Å²) in [4.78, 5) is 15.0. The molecule has 0 fully saturated rings. The van der Waals surface area contributed by atoms with Crippen molar-refractivity contribution in [1.82, 2.24) is 4.98 Å². The largest absolute Gasteiger partial charge is 0.490 e. The first-order valence-electron chi connectivity index (χ1n) is 4.89. The Morgan fingerprint density at radius 3 is 2.69 bits per heavy atom. The van der Waals surface area contributed by atoms with Crippen molar-refractivity contribution in [3.63, 3.8) is 0 Å². The molecule has 1 aromatic heterocycles. The molecule has 0 aliphatic heterocycles. The smallest absolute Gasteiger partial charge is 0.311 e. The van der Waals surface area contributed by atoms with Crippen LogP contribution < -0.4 is 4.74 Å². The summed E-state index contributed by atoms with van der Waals surface area (Å²) in [6, 6.07) is 3.50. The van der Waals surface area contributed by atoms with Gasteiger partial charge in [-0.25, -0.2) is 0 Å². The summed E-state index contributed by atoms with van der Waals surface area (Å²) in [5.41, 5.74) is 0.658. The molecule has 5 heteroatoms. The third-order valence-corrected chi connectivity index (χ3v) is 1.91. The number of carbonyl (C=O) groups is 1. The molecule has 5 nitrogen and oxygen atoms in total. The first-order valence-corrected chi connectivity index (χ1v) is 4.89. The molecule has 0 saturated heterocycles. The highest BCUT2D eigenvalue weighted by atomic mass is 16.5. The maximum Gasteiger partial charge on any atom is 0.311 e. The second-order valence-electron chi connectivity index (χ2n) is 3.08. The van der Waals surface area contributed by atoms with E-state index in [9.17, 15) is 4.79 Å². The Hall–Kier alpha value is -1.62. The van der Waals surface area contributed by atoms with Gasteiger partial charge in [0.15, 0.2) is 0 Å². The minimum atomic E-state index is -0.305. The molecular formula is C11H15NO4. The van der Waals surface area contributed by atoms with Crippen LogP contribution in [0.1, 0.15) is 5.69 Å². The summed E-state index contributed by atoms with van der Waals surface area (Å²) in [5, 5.41) is 0. The van der Waals surface area contributed by atoms with Crippen LogP contribution in [0, 0.1) is 0 Å². The fourth-order valence-corrected chi connectivity index (χ4v) is 1.06. The predicted molar refractivity (Wildman–Crippen MR) is 57.3 cm³/mol. The molecule has 0 bridgehead atoms. The Labute approximate surface area is 94.3 Å². The van der Waals surface area contributed by atoms with Gasteiger partial charge in [-0.1, -0.05) is 0 Å². The van der Waals surface area contributed by atoms with Gasteiger partial charge in [-0.2, -0.15) is 0 Å². The van der Waals surface area contributed by atoms with Crippen LogP contribution in [-0.2, 0) is 20.7 Å². The van der Waals surface area contributed by atoms with E-state index in [1.165, 1.54) is 7.11 Å². The molecule has 0 amide bonds. The van der Waals surface area contributed by atoms with Crippen molar-refractivity contribution in [2.24, 2.45) is 0 Å². The van der Waals surface area contributed by atoms with E-state index in [1.54, 1.807) is 25.4 Å². The molecule has 0 N–H and O–H groups in total. The van der Waals surface area contributed by atoms with E-state index in [-0.39, 0.29) is 12.4 Å². The molecule has 0 radical (unpaired) electrons. The van der Waals surface area contributed by atoms with Crippen molar-refractivity contribution >= 4 is 5.97 Å². The number of rotatable bonds is 6. The summed E-state index contributed by atoms with van der Waals surface area (Å²) < 4.78 is 14.7. The van der Waals surface area contributed by atoms with Gasteiger partial charge in [-0.3, -0.25) is 9.78 Å². The van der Waals surface area contributed by atoms with Gasteiger partial charge in [-0.05, 0) is 12.1 Å². The standard InChI is InChI=1S/C11H15NO4/c1-14-5-6-16-10-4-3-9(12-8-10)7-11(13)15-2/h3-4,8H,5-7H2,1-2H3. The van der Waals surface area contributed by atoms with Gasteiger partial charge in [0, 0.05) is 7.11 Å². The summed E-state index contributed by atoms with van der Waals surface area (Å²) in [6.07, 6.45) is 1.75. The lowest BCUT2D eigenvalue weighted by Gasteiger charge is -2.05. The average Bonchev–Trinajstić information content (AvgIpc) is 2.31. The monoisotopic (exact) mass is 225 g/mol. The highest BCUT2D eigenvalue weighted by molar-refractivity contribution is 5.71. The Morgan fingerprint density at radius 1 is 1.31 bits per heavy atom. The van der Waals surface area contributed by atoms with Gasteiger partial charge < -0.3 is 14.2 Å². The number of hydrogen-bond donors (Lipinski definition) is 0. The van der Waals surface area contributed by atoms with Crippen LogP contribution in [0.4, 0.5) is 0 Å². The van der Waals surface area contributed by atoms with Crippen LogP contribution in [0.3, 0.4) is 0 Å². The van der Waals surface area contributed by atoms with Crippen LogP contribution in [-0.4, -0.2) is 38.4 Å². The summed E-state index contributed by atoms with van der Waals surface area (Å²) >= 11 is 0. The van der Waals surface area contributed by atoms with Crippen molar-refractivity contribution in [2.45, 2.75) is 6.42 Å². The molecule has 0 atom stereocenters. The number of hydrogen-bond acceptors (Lipinski definition) is 5. The van der Waals surface area contributed by atoms with Crippen LogP contribution in [0.5, 0.6) is 5.75 Å². The van der Waals surface area contributed by atoms with Gasteiger partial charge in [0.1, 0.15) is 12.4 Å². The number of methoxy groups -OCH3 is 2. The summed E-state index contributed by atoms with van der Waals surface area (Å²) in [6.45, 7) is 1.01. The number of carbonyl (C=O) groups excluding carboxylic acids is 1. The molecule has 1 rings (SSSR count). The molecule has 0 aromatic carbocycles. The zero-order chi connectivity index (χ0) is 11.8. The van der Waals surface area contributed by atoms with Crippen LogP contribution in [0.2, 0.25) is 0 Å². The lowest BCUT2D eigenvalue weighted by atomic mass is 10.3. The van der Waals surface area contributed by atoms with Gasteiger partial charge in [0.25, 0.3) is 0 Å². The normalized spacial score (nSPS) is 9.88. The van der Waals surface area contributed by atoms with Crippen molar-refractivity contribution in [2.75, 3.05) is 27.4 Å². The molecular weight excluding hydrogens is 210 g/mol. The molecule has 0 spiro atoms. The lowest BCUT2D eigenvalue weighted by molar-refractivity contribution is -0.139. The number of pyridine rings is 1. The van der Waals surface area contributed by atoms with E-state index in [4.69, 9.17) is 9.47 Å². The topological polar surface area (TPSA) is 57.7 Å². The van der Waals surface area contributed by atoms with E-state index in [0.29, 0.717) is 24.7 Å². The minimum Gasteiger partial charge on any atom is -0.490 e. The number of esters is 1. The van der Waals surface area contributed by atoms with Gasteiger partial charge in [0.2, 0.25) is 0 Å². The molecule has 88 valence electrons. The van der Waals surface area contributed by atoms with Gasteiger partial charge in [-0.15, -0.1) is 0 Å². The Kier molecular flexibility index (Phi) is 5.28. The van der Waals surface area contributed by atoms with Crippen molar-refractivity contribution < 1.29 is 19.0 Å². The third kappa shape index (κ3) is 4.27. The zero-order valence-corrected chi connectivity index (χ0v) is 9.43. The number of nitrogens with zero attached hydrogens (tertiary/aromatic N) is 1. The molecule has 0 saturated carbocycles. The highest BCUT2D eigenvalue weighted by Crippen LogP contribution is 2.09. The molecule has 0 aliphatic carbocycles. The number of aromatic nitrogens is 1. The van der Waals surface area contributed by atoms with E-state index in [2.05, 4.69) is 9.72 Å². The molecule has 0 unspecified atom stereocenters. The highest BCUT2D eigenvalue weighted by Gasteiger charge is 2.04. The third-order valence-electron chi connectivity index (χ3n) is 1.91. The van der Waals surface area contributed by atoms with Crippen LogP contribution in [0.25, 0.3) is 0 Å². The molecule has 16 heavy (non-hydrogen) atoms. The van der Waals surface area contributed by atoms with E-state index in [1.807, 2.05) is 0 Å². The maximum atomic E-state index is 11.0. The second-order valence-corrected chi connectivity index (χ2v) is 3.08. The maximum absolute atomic E-state index is 11.0. The van der Waals surface area contributed by atoms with Crippen LogP contribution in [0.15, 0.2) is 18.3 Å². The molecule has 1 heterocycles. The summed E-state index contributed by atoms with van der Waals surface area (Å²) in [5.74, 6) is 0.353. The first kappa shape index (κ1) is 12.4. The SMILES string of the molecule is COCCOc1ccc(CC(=O)OC)nc1. The predicted octanol–water partition coefficient (Wildman–Crippen LogP) is 0.822. The molecule has 0 aliphatic rings. The lowest BCUT2D eigenvalue weighted by Crippen LogP contribution is -2.07. The van der Waals surface area contributed by atoms with Gasteiger partial charge in [0.05, 0.1) is 32.0 Å². The van der Waals surface area contributed by atoms with Gasteiger partial charge >= 0.3 is 5.97 Å². The van der Waals surface area contributed by atoms with Crippen LogP contribution >= 0.6 is 0 Å². The first-order chi connectivity index (χ1) is 7.76. The van der Waals surface area contributed by atoms with Crippen molar-refractivity contribution in [3.05, 3.63) is 24.0 Å². The summed E-state index contributed by atoms with van der Waals surface area (Å²) in [7, 11) is 2.96. The Balaban J connectivity index is 2.44. The van der Waals surface area contributed by atoms with E-state index >= 15 is 0 Å². The molecule has 1 aromatic rings. The van der Waals surface area contributed by atoms with Crippen molar-refractivity contribution in [3.8, 4) is 5.75 Å². The van der Waals surface area contributed by atoms with Crippen molar-refractivity contribution in [1.29, 1.82) is 0 Å². The quantitative estimate of drug-likeness (QED) is 0.530. The van der Waals surface area contributed by atoms with E-state index < -0.39 is 0 Å². The van der Waals surface area contributed by atoms with E-state index in [0.717, 1.165) is 0 Å². The zero-order valence-electron chi connectivity index (χ0n) is 9.43. The average molecular weight is 225 g/mol. The Morgan fingerprint density at radius 2 is 2.12 bits per heavy atom.